The fourth-order valence-electron chi connectivity index (χ4n) is 1.03. The largest absolute Gasteiger partial charge is 0.448 e. The van der Waals surface area contributed by atoms with Crippen LogP contribution in [-0.4, -0.2) is 24.1 Å². The van der Waals surface area contributed by atoms with E-state index in [9.17, 15) is 9.59 Å². The van der Waals surface area contributed by atoms with Gasteiger partial charge in [-0.05, 0) is 12.8 Å². The summed E-state index contributed by atoms with van der Waals surface area (Å²) < 4.78 is 9.68. The first kappa shape index (κ1) is 9.03. The Morgan fingerprint density at radius 2 is 1.33 bits per heavy atom. The van der Waals surface area contributed by atoms with Gasteiger partial charge in [0, 0.05) is 0 Å². The number of hydrogen-bond acceptors (Lipinski definition) is 4. The topological polar surface area (TPSA) is 52.6 Å². The molecule has 12 heavy (non-hydrogen) atoms. The fraction of sp³-hybridized carbons (Fsp3) is 0.750. The van der Waals surface area contributed by atoms with Gasteiger partial charge in [-0.3, -0.25) is 0 Å². The molecule has 0 aromatic rings. The molecule has 0 bridgehead atoms. The summed E-state index contributed by atoms with van der Waals surface area (Å²) in [5, 5.41) is 0. The molecule has 0 saturated carbocycles. The summed E-state index contributed by atoms with van der Waals surface area (Å²) in [6, 6.07) is 0. The van der Waals surface area contributed by atoms with Crippen molar-refractivity contribution in [3.63, 3.8) is 0 Å². The number of rotatable bonds is 2. The summed E-state index contributed by atoms with van der Waals surface area (Å²) in [6.07, 6.45) is -0.442. The highest BCUT2D eigenvalue weighted by molar-refractivity contribution is 5.87. The van der Waals surface area contributed by atoms with Crippen LogP contribution in [0.25, 0.3) is 0 Å². The van der Waals surface area contributed by atoms with Crippen LogP contribution in [0.2, 0.25) is 0 Å². The monoisotopic (exact) mass is 172 g/mol. The quantitative estimate of drug-likeness (QED) is 0.574. The second-order valence-corrected chi connectivity index (χ2v) is 2.67. The maximum Gasteiger partial charge on any atom is 0.348 e. The molecule has 2 unspecified atom stereocenters. The van der Waals surface area contributed by atoms with E-state index in [0.29, 0.717) is 12.8 Å². The van der Waals surface area contributed by atoms with Crippen LogP contribution in [0.5, 0.6) is 0 Å². The molecular formula is C8H12O4. The standard InChI is InChI=1S/C8H12O4/c1-3-5-7(9)12-6(4-2)8(10)11-5/h5-6H,3-4H2,1-2H3. The smallest absolute Gasteiger partial charge is 0.348 e. The van der Waals surface area contributed by atoms with Crippen molar-refractivity contribution in [1.82, 2.24) is 0 Å². The van der Waals surface area contributed by atoms with Crippen LogP contribution in [0.1, 0.15) is 26.7 Å². The van der Waals surface area contributed by atoms with Crippen molar-refractivity contribution in [2.75, 3.05) is 0 Å². The van der Waals surface area contributed by atoms with Crippen LogP contribution in [-0.2, 0) is 19.1 Å². The first-order valence-corrected chi connectivity index (χ1v) is 4.10. The summed E-state index contributed by atoms with van der Waals surface area (Å²) in [7, 11) is 0. The molecule has 0 N–H and O–H groups in total. The lowest BCUT2D eigenvalue weighted by Gasteiger charge is -2.25. The molecule has 1 fully saturated rings. The first-order valence-electron chi connectivity index (χ1n) is 4.10. The Kier molecular flexibility index (Phi) is 2.68. The molecule has 2 atom stereocenters. The summed E-state index contributed by atoms with van der Waals surface area (Å²) in [5.41, 5.74) is 0. The highest BCUT2D eigenvalue weighted by Gasteiger charge is 2.35. The van der Waals surface area contributed by atoms with Crippen molar-refractivity contribution in [2.24, 2.45) is 0 Å². The predicted octanol–water partition coefficient (Wildman–Crippen LogP) is 0.644. The third-order valence-electron chi connectivity index (χ3n) is 1.78. The summed E-state index contributed by atoms with van der Waals surface area (Å²) >= 11 is 0. The van der Waals surface area contributed by atoms with Gasteiger partial charge in [0.1, 0.15) is 0 Å². The molecule has 0 aliphatic carbocycles. The predicted molar refractivity (Wildman–Crippen MR) is 40.3 cm³/mol. The van der Waals surface area contributed by atoms with E-state index in [1.807, 2.05) is 0 Å². The minimum Gasteiger partial charge on any atom is -0.448 e. The van der Waals surface area contributed by atoms with E-state index in [1.165, 1.54) is 0 Å². The summed E-state index contributed by atoms with van der Waals surface area (Å²) in [4.78, 5) is 22.1. The Morgan fingerprint density at radius 3 is 1.58 bits per heavy atom. The second kappa shape index (κ2) is 3.56. The Bertz CT molecular complexity index is 177. The number of esters is 2. The van der Waals surface area contributed by atoms with E-state index < -0.39 is 24.1 Å². The van der Waals surface area contributed by atoms with Gasteiger partial charge in [0.25, 0.3) is 0 Å². The minimum atomic E-state index is -0.694. The Balaban J connectivity index is 2.61. The lowest BCUT2D eigenvalue weighted by atomic mass is 10.2. The molecule has 68 valence electrons. The summed E-state index contributed by atoms with van der Waals surface area (Å²) in [5.74, 6) is -0.854. The van der Waals surface area contributed by atoms with Crippen LogP contribution < -0.4 is 0 Å². The van der Waals surface area contributed by atoms with Gasteiger partial charge < -0.3 is 9.47 Å². The van der Waals surface area contributed by atoms with Crippen LogP contribution in [0.4, 0.5) is 0 Å². The number of cyclic esters (lactones) is 2. The van der Waals surface area contributed by atoms with E-state index in [4.69, 9.17) is 9.47 Å². The molecule has 1 rings (SSSR count). The van der Waals surface area contributed by atoms with Crippen LogP contribution in [0.15, 0.2) is 0 Å². The molecule has 1 aliphatic rings. The zero-order valence-electron chi connectivity index (χ0n) is 7.20. The molecule has 1 saturated heterocycles. The van der Waals surface area contributed by atoms with Gasteiger partial charge in [0.2, 0.25) is 0 Å². The second-order valence-electron chi connectivity index (χ2n) is 2.67. The lowest BCUT2D eigenvalue weighted by Crippen LogP contribution is -2.43. The molecule has 4 heteroatoms. The first-order chi connectivity index (χ1) is 5.69. The maximum atomic E-state index is 11.0. The molecular weight excluding hydrogens is 160 g/mol. The average molecular weight is 172 g/mol. The molecule has 0 amide bonds. The van der Waals surface area contributed by atoms with Gasteiger partial charge in [-0.1, -0.05) is 13.8 Å². The molecule has 0 aromatic carbocycles. The van der Waals surface area contributed by atoms with Crippen molar-refractivity contribution in [2.45, 2.75) is 38.9 Å². The van der Waals surface area contributed by atoms with Gasteiger partial charge >= 0.3 is 11.9 Å². The summed E-state index contributed by atoms with van der Waals surface area (Å²) in [6.45, 7) is 3.54. The van der Waals surface area contributed by atoms with E-state index >= 15 is 0 Å². The maximum absolute atomic E-state index is 11.0. The fourth-order valence-corrected chi connectivity index (χ4v) is 1.03. The average Bonchev–Trinajstić information content (AvgIpc) is 2.08. The Morgan fingerprint density at radius 1 is 1.00 bits per heavy atom. The molecule has 1 aliphatic heterocycles. The van der Waals surface area contributed by atoms with E-state index in [0.717, 1.165) is 0 Å². The normalized spacial score (nSPS) is 29.5. The van der Waals surface area contributed by atoms with Crippen molar-refractivity contribution >= 4 is 11.9 Å². The van der Waals surface area contributed by atoms with Gasteiger partial charge in [0.15, 0.2) is 12.2 Å². The number of ether oxygens (including phenoxy) is 2. The molecule has 1 heterocycles. The van der Waals surface area contributed by atoms with E-state index in [-0.39, 0.29) is 0 Å². The number of carbonyl (C=O) groups is 2. The van der Waals surface area contributed by atoms with Crippen molar-refractivity contribution < 1.29 is 19.1 Å². The molecule has 4 nitrogen and oxygen atoms in total. The van der Waals surface area contributed by atoms with Gasteiger partial charge in [-0.25, -0.2) is 9.59 Å². The van der Waals surface area contributed by atoms with E-state index in [1.54, 1.807) is 13.8 Å². The van der Waals surface area contributed by atoms with Crippen LogP contribution in [0.3, 0.4) is 0 Å². The Labute approximate surface area is 70.8 Å². The van der Waals surface area contributed by atoms with E-state index in [2.05, 4.69) is 0 Å². The van der Waals surface area contributed by atoms with Gasteiger partial charge in [-0.2, -0.15) is 0 Å². The number of hydrogen-bond donors (Lipinski definition) is 0. The van der Waals surface area contributed by atoms with Gasteiger partial charge in [0.05, 0.1) is 0 Å². The zero-order chi connectivity index (χ0) is 9.14. The van der Waals surface area contributed by atoms with Crippen LogP contribution in [0, 0.1) is 0 Å². The Hall–Kier alpha value is -1.06. The SMILES string of the molecule is CCC1OC(=O)C(CC)OC1=O. The van der Waals surface area contributed by atoms with Crippen LogP contribution >= 0.6 is 0 Å². The van der Waals surface area contributed by atoms with Crippen molar-refractivity contribution in [3.8, 4) is 0 Å². The van der Waals surface area contributed by atoms with Crippen molar-refractivity contribution in [3.05, 3.63) is 0 Å². The minimum absolute atomic E-state index is 0.427. The van der Waals surface area contributed by atoms with Crippen molar-refractivity contribution in [1.29, 1.82) is 0 Å². The lowest BCUT2D eigenvalue weighted by molar-refractivity contribution is -0.195. The third-order valence-corrected chi connectivity index (χ3v) is 1.78. The number of carbonyl (C=O) groups excluding carboxylic acids is 2. The molecule has 0 spiro atoms. The van der Waals surface area contributed by atoms with Gasteiger partial charge in [-0.15, -0.1) is 0 Å². The molecule has 0 aromatic heterocycles. The zero-order valence-corrected chi connectivity index (χ0v) is 7.20. The highest BCUT2D eigenvalue weighted by Crippen LogP contribution is 2.14. The third kappa shape index (κ3) is 1.57. The highest BCUT2D eigenvalue weighted by atomic mass is 16.6. The molecule has 0 radical (unpaired) electrons.